The third-order valence-electron chi connectivity index (χ3n) is 3.93. The molecule has 0 bridgehead atoms. The van der Waals surface area contributed by atoms with Crippen LogP contribution in [0.3, 0.4) is 0 Å². The van der Waals surface area contributed by atoms with Crippen LogP contribution in [0.2, 0.25) is 0 Å². The standard InChI is InChI=1S/C17H39N3/c1-9-17(8,13-20-15(4)5)12-18-10-16(6,7)11-19-14(2)3/h14-15,18-20H,9-13H2,1-8H3. The fourth-order valence-electron chi connectivity index (χ4n) is 2.01. The topological polar surface area (TPSA) is 36.1 Å². The van der Waals surface area contributed by atoms with E-state index in [9.17, 15) is 0 Å². The predicted octanol–water partition coefficient (Wildman–Crippen LogP) is 3.01. The largest absolute Gasteiger partial charge is 0.316 e. The molecule has 1 atom stereocenters. The van der Waals surface area contributed by atoms with Crippen molar-refractivity contribution in [2.24, 2.45) is 10.8 Å². The van der Waals surface area contributed by atoms with Gasteiger partial charge in [0.05, 0.1) is 0 Å². The Morgan fingerprint density at radius 1 is 0.750 bits per heavy atom. The van der Waals surface area contributed by atoms with Gasteiger partial charge in [-0.2, -0.15) is 0 Å². The third-order valence-corrected chi connectivity index (χ3v) is 3.93. The number of nitrogens with one attached hydrogen (secondary N) is 3. The number of hydrogen-bond donors (Lipinski definition) is 3. The normalized spacial score (nSPS) is 15.9. The summed E-state index contributed by atoms with van der Waals surface area (Å²) in [5.74, 6) is 0. The number of rotatable bonds is 11. The Hall–Kier alpha value is -0.120. The molecule has 20 heavy (non-hydrogen) atoms. The van der Waals surface area contributed by atoms with Crippen LogP contribution < -0.4 is 16.0 Å². The van der Waals surface area contributed by atoms with Gasteiger partial charge in [-0.05, 0) is 17.3 Å². The van der Waals surface area contributed by atoms with Crippen molar-refractivity contribution in [3.05, 3.63) is 0 Å². The molecule has 3 nitrogen and oxygen atoms in total. The molecule has 3 heteroatoms. The summed E-state index contributed by atoms with van der Waals surface area (Å²) in [5.41, 5.74) is 0.635. The highest BCUT2D eigenvalue weighted by atomic mass is 15.0. The van der Waals surface area contributed by atoms with Gasteiger partial charge in [0.2, 0.25) is 0 Å². The van der Waals surface area contributed by atoms with E-state index in [2.05, 4.69) is 71.3 Å². The molecule has 0 aliphatic heterocycles. The molecule has 3 N–H and O–H groups in total. The molecule has 0 heterocycles. The van der Waals surface area contributed by atoms with Crippen LogP contribution in [0.1, 0.15) is 61.8 Å². The first-order chi connectivity index (χ1) is 9.10. The lowest BCUT2D eigenvalue weighted by molar-refractivity contribution is 0.241. The highest BCUT2D eigenvalue weighted by molar-refractivity contribution is 4.82. The van der Waals surface area contributed by atoms with E-state index < -0.39 is 0 Å². The van der Waals surface area contributed by atoms with E-state index in [1.165, 1.54) is 6.42 Å². The Balaban J connectivity index is 4.10. The van der Waals surface area contributed by atoms with Crippen LogP contribution in [0.5, 0.6) is 0 Å². The Labute approximate surface area is 127 Å². The molecule has 1 unspecified atom stereocenters. The van der Waals surface area contributed by atoms with Crippen LogP contribution in [0.15, 0.2) is 0 Å². The van der Waals surface area contributed by atoms with Crippen molar-refractivity contribution in [3.63, 3.8) is 0 Å². The molecule has 0 aliphatic carbocycles. The van der Waals surface area contributed by atoms with Crippen LogP contribution in [0.25, 0.3) is 0 Å². The van der Waals surface area contributed by atoms with Gasteiger partial charge in [-0.1, -0.05) is 55.4 Å². The second-order valence-electron chi connectivity index (χ2n) is 8.00. The molecule has 0 aromatic rings. The summed E-state index contributed by atoms with van der Waals surface area (Å²) in [6.07, 6.45) is 1.20. The fraction of sp³-hybridized carbons (Fsp3) is 1.00. The van der Waals surface area contributed by atoms with Crippen LogP contribution in [0.4, 0.5) is 0 Å². The lowest BCUT2D eigenvalue weighted by Gasteiger charge is -2.33. The molecule has 0 saturated carbocycles. The summed E-state index contributed by atoms with van der Waals surface area (Å²) in [7, 11) is 0. The van der Waals surface area contributed by atoms with Gasteiger partial charge >= 0.3 is 0 Å². The first-order valence-electron chi connectivity index (χ1n) is 8.28. The Bertz CT molecular complexity index is 249. The highest BCUT2D eigenvalue weighted by Gasteiger charge is 2.24. The second kappa shape index (κ2) is 9.01. The molecule has 0 aliphatic rings. The molecule has 0 fully saturated rings. The zero-order chi connectivity index (χ0) is 15.8. The van der Waals surface area contributed by atoms with Crippen LogP contribution in [0, 0.1) is 10.8 Å². The molecular weight excluding hydrogens is 246 g/mol. The average molecular weight is 286 g/mol. The van der Waals surface area contributed by atoms with Crippen LogP contribution in [-0.2, 0) is 0 Å². The maximum Gasteiger partial charge on any atom is 0.00196 e. The summed E-state index contributed by atoms with van der Waals surface area (Å²) in [4.78, 5) is 0. The minimum absolute atomic E-state index is 0.296. The zero-order valence-electron chi connectivity index (χ0n) is 15.2. The Kier molecular flexibility index (Phi) is 8.96. The molecule has 0 amide bonds. The van der Waals surface area contributed by atoms with Gasteiger partial charge in [-0.15, -0.1) is 0 Å². The molecular formula is C17H39N3. The molecule has 0 rings (SSSR count). The van der Waals surface area contributed by atoms with E-state index in [1.807, 2.05) is 0 Å². The summed E-state index contributed by atoms with van der Waals surface area (Å²) in [6.45, 7) is 22.4. The second-order valence-corrected chi connectivity index (χ2v) is 8.00. The smallest absolute Gasteiger partial charge is 0.00196 e. The van der Waals surface area contributed by atoms with Gasteiger partial charge in [-0.25, -0.2) is 0 Å². The maximum absolute atomic E-state index is 3.68. The van der Waals surface area contributed by atoms with Crippen molar-refractivity contribution >= 4 is 0 Å². The summed E-state index contributed by atoms with van der Waals surface area (Å²) >= 11 is 0. The van der Waals surface area contributed by atoms with Crippen molar-refractivity contribution in [2.45, 2.75) is 73.9 Å². The van der Waals surface area contributed by atoms with Crippen molar-refractivity contribution in [3.8, 4) is 0 Å². The van der Waals surface area contributed by atoms with Gasteiger partial charge in [0.25, 0.3) is 0 Å². The fourth-order valence-corrected chi connectivity index (χ4v) is 2.01. The van der Waals surface area contributed by atoms with E-state index in [1.54, 1.807) is 0 Å². The van der Waals surface area contributed by atoms with Gasteiger partial charge in [0, 0.05) is 38.3 Å². The number of hydrogen-bond acceptors (Lipinski definition) is 3. The van der Waals surface area contributed by atoms with E-state index in [0.717, 1.165) is 26.2 Å². The van der Waals surface area contributed by atoms with Crippen molar-refractivity contribution in [1.29, 1.82) is 0 Å². The molecule has 0 spiro atoms. The van der Waals surface area contributed by atoms with Gasteiger partial charge in [0.15, 0.2) is 0 Å². The molecule has 0 saturated heterocycles. The highest BCUT2D eigenvalue weighted by Crippen LogP contribution is 2.20. The molecule has 122 valence electrons. The van der Waals surface area contributed by atoms with Crippen molar-refractivity contribution < 1.29 is 0 Å². The van der Waals surface area contributed by atoms with E-state index in [-0.39, 0.29) is 0 Å². The van der Waals surface area contributed by atoms with Gasteiger partial charge in [-0.3, -0.25) is 0 Å². The minimum Gasteiger partial charge on any atom is -0.316 e. The Morgan fingerprint density at radius 3 is 1.70 bits per heavy atom. The molecule has 0 aromatic heterocycles. The van der Waals surface area contributed by atoms with E-state index >= 15 is 0 Å². The van der Waals surface area contributed by atoms with Crippen molar-refractivity contribution in [2.75, 3.05) is 26.2 Å². The minimum atomic E-state index is 0.296. The van der Waals surface area contributed by atoms with Gasteiger partial charge < -0.3 is 16.0 Å². The monoisotopic (exact) mass is 285 g/mol. The van der Waals surface area contributed by atoms with Gasteiger partial charge in [0.1, 0.15) is 0 Å². The SMILES string of the molecule is CCC(C)(CNCC(C)(C)CNC(C)C)CNC(C)C. The first-order valence-corrected chi connectivity index (χ1v) is 8.28. The quantitative estimate of drug-likeness (QED) is 0.546. The molecule has 0 aromatic carbocycles. The maximum atomic E-state index is 3.68. The lowest BCUT2D eigenvalue weighted by atomic mass is 9.86. The predicted molar refractivity (Wildman–Crippen MR) is 91.3 cm³/mol. The summed E-state index contributed by atoms with van der Waals surface area (Å²) in [6, 6.07) is 1.12. The van der Waals surface area contributed by atoms with Crippen LogP contribution >= 0.6 is 0 Å². The lowest BCUT2D eigenvalue weighted by Crippen LogP contribution is -2.46. The third kappa shape index (κ3) is 9.73. The molecule has 0 radical (unpaired) electrons. The van der Waals surface area contributed by atoms with Crippen molar-refractivity contribution in [1.82, 2.24) is 16.0 Å². The van der Waals surface area contributed by atoms with E-state index in [0.29, 0.717) is 22.9 Å². The first kappa shape index (κ1) is 19.9. The zero-order valence-corrected chi connectivity index (χ0v) is 15.2. The average Bonchev–Trinajstić information content (AvgIpc) is 2.34. The summed E-state index contributed by atoms with van der Waals surface area (Å²) in [5, 5.41) is 10.8. The summed E-state index contributed by atoms with van der Waals surface area (Å²) < 4.78 is 0. The van der Waals surface area contributed by atoms with Crippen LogP contribution in [-0.4, -0.2) is 38.3 Å². The van der Waals surface area contributed by atoms with E-state index in [4.69, 9.17) is 0 Å². The Morgan fingerprint density at radius 2 is 1.25 bits per heavy atom.